The van der Waals surface area contributed by atoms with Crippen LogP contribution in [0.15, 0.2) is 249 Å². The zero-order valence-electron chi connectivity index (χ0n) is 34.5. The van der Waals surface area contributed by atoms with Crippen LogP contribution in [0.3, 0.4) is 0 Å². The van der Waals surface area contributed by atoms with Gasteiger partial charge in [-0.2, -0.15) is 0 Å². The van der Waals surface area contributed by atoms with E-state index in [1.807, 2.05) is 11.3 Å². The number of nitrogens with zero attached hydrogens (tertiary/aromatic N) is 1. The standard InChI is InChI=1S/C61H41NS/c1-4-15-47(16-5-1)61(48-17-6-2-7-18-48)57-25-12-10-21-53(57)54-40-35-46(41-58(54)61)44-33-38-51(39-34-44)62(49-19-8-3-9-20-49)50-36-31-43(32-37-50)42-27-29-45(30-28-42)52-23-14-24-56-55-22-11-13-26-59(55)63-60(52)56/h1-41H. The Morgan fingerprint density at radius 3 is 1.43 bits per heavy atom. The molecule has 2 heteroatoms. The van der Waals surface area contributed by atoms with Gasteiger partial charge in [0, 0.05) is 37.2 Å². The third kappa shape index (κ3) is 6.14. The van der Waals surface area contributed by atoms with Crippen molar-refractivity contribution in [2.75, 3.05) is 4.90 Å². The second-order valence-electron chi connectivity index (χ2n) is 16.4. The Morgan fingerprint density at radius 1 is 0.302 bits per heavy atom. The largest absolute Gasteiger partial charge is 0.311 e. The van der Waals surface area contributed by atoms with Crippen molar-refractivity contribution in [1.29, 1.82) is 0 Å². The Kier molecular flexibility index (Phi) is 8.98. The van der Waals surface area contributed by atoms with Crippen molar-refractivity contribution in [1.82, 2.24) is 0 Å². The Morgan fingerprint density at radius 2 is 0.762 bits per heavy atom. The maximum atomic E-state index is 2.44. The van der Waals surface area contributed by atoms with Crippen molar-refractivity contribution in [3.05, 3.63) is 271 Å². The molecule has 0 bridgehead atoms. The highest BCUT2D eigenvalue weighted by molar-refractivity contribution is 7.26. The summed E-state index contributed by atoms with van der Waals surface area (Å²) in [5.74, 6) is 0. The topological polar surface area (TPSA) is 3.24 Å². The van der Waals surface area contributed by atoms with E-state index in [1.165, 1.54) is 86.9 Å². The number of para-hydroxylation sites is 1. The second kappa shape index (κ2) is 15.3. The number of anilines is 3. The summed E-state index contributed by atoms with van der Waals surface area (Å²) in [6.07, 6.45) is 0. The van der Waals surface area contributed by atoms with Gasteiger partial charge in [-0.3, -0.25) is 0 Å². The lowest BCUT2D eigenvalue weighted by molar-refractivity contribution is 0.769. The summed E-state index contributed by atoms with van der Waals surface area (Å²) in [4.78, 5) is 2.34. The Balaban J connectivity index is 0.878. The molecule has 0 saturated carbocycles. The lowest BCUT2D eigenvalue weighted by Crippen LogP contribution is -2.28. The first-order valence-corrected chi connectivity index (χ1v) is 22.5. The fourth-order valence-electron chi connectivity index (χ4n) is 10.1. The van der Waals surface area contributed by atoms with Gasteiger partial charge in [-0.1, -0.05) is 200 Å². The molecule has 0 atom stereocenters. The molecule has 1 aromatic heterocycles. The summed E-state index contributed by atoms with van der Waals surface area (Å²) in [6, 6.07) is 91.2. The van der Waals surface area contributed by atoms with Crippen LogP contribution in [-0.4, -0.2) is 0 Å². The number of fused-ring (bicyclic) bond motifs is 6. The summed E-state index contributed by atoms with van der Waals surface area (Å²) in [7, 11) is 0. The molecular weight excluding hydrogens is 779 g/mol. The minimum Gasteiger partial charge on any atom is -0.311 e. The highest BCUT2D eigenvalue weighted by Crippen LogP contribution is 2.56. The molecule has 63 heavy (non-hydrogen) atoms. The van der Waals surface area contributed by atoms with Gasteiger partial charge in [-0.25, -0.2) is 0 Å². The normalized spacial score (nSPS) is 12.6. The van der Waals surface area contributed by atoms with E-state index in [0.717, 1.165) is 17.1 Å². The SMILES string of the molecule is c1ccc(N(c2ccc(-c3ccc(-c4cccc5c4sc4ccccc45)cc3)cc2)c2ccc(-c3ccc4c(c3)C(c3ccccc3)(c3ccccc3)c3ccccc3-4)cc2)cc1. The minimum absolute atomic E-state index is 0.434. The van der Waals surface area contributed by atoms with Crippen molar-refractivity contribution >= 4 is 48.6 Å². The average Bonchev–Trinajstić information content (AvgIpc) is 3.89. The van der Waals surface area contributed by atoms with Crippen LogP contribution in [0.1, 0.15) is 22.3 Å². The van der Waals surface area contributed by atoms with Gasteiger partial charge < -0.3 is 4.90 Å². The molecule has 1 aliphatic carbocycles. The zero-order chi connectivity index (χ0) is 41.7. The molecule has 1 nitrogen and oxygen atoms in total. The summed E-state index contributed by atoms with van der Waals surface area (Å²) in [5.41, 5.74) is 18.0. The van der Waals surface area contributed by atoms with Gasteiger partial charge in [0.2, 0.25) is 0 Å². The predicted molar refractivity (Wildman–Crippen MR) is 268 cm³/mol. The van der Waals surface area contributed by atoms with Crippen LogP contribution in [-0.2, 0) is 5.41 Å². The molecule has 10 aromatic carbocycles. The van der Waals surface area contributed by atoms with E-state index in [-0.39, 0.29) is 0 Å². The molecule has 0 aliphatic heterocycles. The Labute approximate surface area is 372 Å². The molecule has 0 fully saturated rings. The van der Waals surface area contributed by atoms with E-state index in [4.69, 9.17) is 0 Å². The van der Waals surface area contributed by atoms with Crippen LogP contribution in [0.5, 0.6) is 0 Å². The summed E-state index contributed by atoms with van der Waals surface area (Å²) < 4.78 is 2.67. The third-order valence-corrected chi connectivity index (χ3v) is 14.2. The minimum atomic E-state index is -0.434. The van der Waals surface area contributed by atoms with Crippen molar-refractivity contribution in [2.24, 2.45) is 0 Å². The first-order chi connectivity index (χ1) is 31.2. The number of thiophene rings is 1. The zero-order valence-corrected chi connectivity index (χ0v) is 35.3. The molecule has 0 amide bonds. The molecule has 0 N–H and O–H groups in total. The molecule has 0 unspecified atom stereocenters. The monoisotopic (exact) mass is 819 g/mol. The van der Waals surface area contributed by atoms with E-state index in [2.05, 4.69) is 254 Å². The van der Waals surface area contributed by atoms with E-state index in [9.17, 15) is 0 Å². The summed E-state index contributed by atoms with van der Waals surface area (Å²) in [6.45, 7) is 0. The molecule has 0 saturated heterocycles. The lowest BCUT2D eigenvalue weighted by Gasteiger charge is -2.34. The predicted octanol–water partition coefficient (Wildman–Crippen LogP) is 16.9. The van der Waals surface area contributed by atoms with Gasteiger partial charge in [0.05, 0.1) is 5.41 Å². The van der Waals surface area contributed by atoms with Crippen LogP contribution in [0, 0.1) is 0 Å². The van der Waals surface area contributed by atoms with Crippen molar-refractivity contribution in [3.8, 4) is 44.5 Å². The number of hydrogen-bond acceptors (Lipinski definition) is 2. The maximum Gasteiger partial charge on any atom is 0.0713 e. The van der Waals surface area contributed by atoms with Gasteiger partial charge >= 0.3 is 0 Å². The van der Waals surface area contributed by atoms with Crippen LogP contribution in [0.2, 0.25) is 0 Å². The number of hydrogen-bond donors (Lipinski definition) is 0. The highest BCUT2D eigenvalue weighted by Gasteiger charge is 2.46. The highest BCUT2D eigenvalue weighted by atomic mass is 32.1. The van der Waals surface area contributed by atoms with Crippen LogP contribution >= 0.6 is 11.3 Å². The van der Waals surface area contributed by atoms with Gasteiger partial charge in [-0.15, -0.1) is 11.3 Å². The van der Waals surface area contributed by atoms with Crippen LogP contribution in [0.4, 0.5) is 17.1 Å². The molecule has 296 valence electrons. The molecule has 12 rings (SSSR count). The van der Waals surface area contributed by atoms with Gasteiger partial charge in [-0.05, 0) is 115 Å². The van der Waals surface area contributed by atoms with Crippen molar-refractivity contribution in [2.45, 2.75) is 5.41 Å². The molecule has 0 radical (unpaired) electrons. The Hall–Kier alpha value is -7.78. The molecular formula is C61H41NS. The molecule has 0 spiro atoms. The molecule has 11 aromatic rings. The third-order valence-electron chi connectivity index (χ3n) is 13.0. The van der Waals surface area contributed by atoms with Gasteiger partial charge in [0.25, 0.3) is 0 Å². The van der Waals surface area contributed by atoms with E-state index in [1.54, 1.807) is 0 Å². The molecule has 1 heterocycles. The van der Waals surface area contributed by atoms with E-state index >= 15 is 0 Å². The van der Waals surface area contributed by atoms with Crippen LogP contribution in [0.25, 0.3) is 64.7 Å². The lowest BCUT2D eigenvalue weighted by atomic mass is 9.67. The summed E-state index contributed by atoms with van der Waals surface area (Å²) >= 11 is 1.88. The first-order valence-electron chi connectivity index (χ1n) is 21.7. The number of rotatable bonds is 8. The number of benzene rings is 10. The van der Waals surface area contributed by atoms with E-state index in [0.29, 0.717) is 0 Å². The van der Waals surface area contributed by atoms with Gasteiger partial charge in [0.1, 0.15) is 0 Å². The second-order valence-corrected chi connectivity index (χ2v) is 17.5. The fraction of sp³-hybridized carbons (Fsp3) is 0.0164. The fourth-order valence-corrected chi connectivity index (χ4v) is 11.3. The van der Waals surface area contributed by atoms with Crippen molar-refractivity contribution in [3.63, 3.8) is 0 Å². The smallest absolute Gasteiger partial charge is 0.0713 e. The first kappa shape index (κ1) is 37.0. The Bertz CT molecular complexity index is 3370. The van der Waals surface area contributed by atoms with Crippen molar-refractivity contribution < 1.29 is 0 Å². The maximum absolute atomic E-state index is 2.44. The van der Waals surface area contributed by atoms with Gasteiger partial charge in [0.15, 0.2) is 0 Å². The summed E-state index contributed by atoms with van der Waals surface area (Å²) in [5, 5.41) is 2.66. The van der Waals surface area contributed by atoms with Crippen LogP contribution < -0.4 is 4.90 Å². The average molecular weight is 820 g/mol. The van der Waals surface area contributed by atoms with E-state index < -0.39 is 5.41 Å². The molecule has 1 aliphatic rings. The quantitative estimate of drug-likeness (QED) is 0.148.